The van der Waals surface area contributed by atoms with E-state index in [1.54, 1.807) is 25.3 Å². The summed E-state index contributed by atoms with van der Waals surface area (Å²) in [4.78, 5) is 11.2. The Labute approximate surface area is 94.3 Å². The molecule has 1 aromatic carbocycles. The summed E-state index contributed by atoms with van der Waals surface area (Å²) in [7, 11) is 3.08. The van der Waals surface area contributed by atoms with Crippen LogP contribution in [0, 0.1) is 0 Å². The summed E-state index contributed by atoms with van der Waals surface area (Å²) >= 11 is 0. The van der Waals surface area contributed by atoms with E-state index >= 15 is 0 Å². The zero-order chi connectivity index (χ0) is 12.1. The summed E-state index contributed by atoms with van der Waals surface area (Å²) in [6, 6.07) is 5.17. The van der Waals surface area contributed by atoms with Crippen molar-refractivity contribution in [1.82, 2.24) is 0 Å². The second kappa shape index (κ2) is 5.37. The molecule has 0 fully saturated rings. The Bertz CT molecular complexity index is 379. The zero-order valence-electron chi connectivity index (χ0n) is 9.40. The maximum absolute atomic E-state index is 11.2. The minimum Gasteiger partial charge on any atom is -0.497 e. The smallest absolute Gasteiger partial charge is 0.226 e. The molecule has 1 amide bonds. The Morgan fingerprint density at radius 1 is 1.38 bits per heavy atom. The molecule has 16 heavy (non-hydrogen) atoms. The van der Waals surface area contributed by atoms with Crippen LogP contribution in [0.4, 0.5) is 0 Å². The van der Waals surface area contributed by atoms with Gasteiger partial charge in [0.15, 0.2) is 0 Å². The van der Waals surface area contributed by atoms with E-state index in [0.717, 1.165) is 0 Å². The van der Waals surface area contributed by atoms with Gasteiger partial charge < -0.3 is 20.9 Å². The molecule has 1 rings (SSSR count). The van der Waals surface area contributed by atoms with E-state index in [1.807, 2.05) is 0 Å². The van der Waals surface area contributed by atoms with Crippen molar-refractivity contribution >= 4 is 5.91 Å². The van der Waals surface area contributed by atoms with Crippen LogP contribution >= 0.6 is 0 Å². The lowest BCUT2D eigenvalue weighted by Crippen LogP contribution is -2.28. The van der Waals surface area contributed by atoms with Crippen LogP contribution in [0.3, 0.4) is 0 Å². The van der Waals surface area contributed by atoms with Gasteiger partial charge in [-0.05, 0) is 6.07 Å². The van der Waals surface area contributed by atoms with E-state index in [2.05, 4.69) is 0 Å². The number of methoxy groups -OCH3 is 2. The van der Waals surface area contributed by atoms with Crippen LogP contribution in [-0.2, 0) is 4.79 Å². The SMILES string of the molecule is COc1ccc(C(CN)C(N)=O)c(OC)c1. The molecule has 4 N–H and O–H groups in total. The summed E-state index contributed by atoms with van der Waals surface area (Å²) < 4.78 is 10.2. The Morgan fingerprint density at radius 3 is 2.50 bits per heavy atom. The number of primary amides is 1. The summed E-state index contributed by atoms with van der Waals surface area (Å²) in [6.45, 7) is 0.151. The van der Waals surface area contributed by atoms with Gasteiger partial charge in [-0.2, -0.15) is 0 Å². The molecule has 0 radical (unpaired) electrons. The van der Waals surface area contributed by atoms with Gasteiger partial charge in [0.05, 0.1) is 20.1 Å². The molecule has 0 bridgehead atoms. The first-order chi connectivity index (χ1) is 7.63. The fraction of sp³-hybridized carbons (Fsp3) is 0.364. The van der Waals surface area contributed by atoms with Crippen molar-refractivity contribution in [2.24, 2.45) is 11.5 Å². The van der Waals surface area contributed by atoms with Crippen molar-refractivity contribution in [1.29, 1.82) is 0 Å². The number of hydrogen-bond acceptors (Lipinski definition) is 4. The molecule has 0 saturated carbocycles. The minimum atomic E-state index is -0.541. The molecule has 1 unspecified atom stereocenters. The van der Waals surface area contributed by atoms with Gasteiger partial charge in [-0.1, -0.05) is 6.07 Å². The summed E-state index contributed by atoms with van der Waals surface area (Å²) in [5, 5.41) is 0. The molecule has 1 atom stereocenters. The Kier molecular flexibility index (Phi) is 4.13. The Hall–Kier alpha value is -1.75. The van der Waals surface area contributed by atoms with E-state index in [-0.39, 0.29) is 6.54 Å². The average Bonchev–Trinajstić information content (AvgIpc) is 2.29. The van der Waals surface area contributed by atoms with Gasteiger partial charge in [-0.25, -0.2) is 0 Å². The summed E-state index contributed by atoms with van der Waals surface area (Å²) in [6.07, 6.45) is 0. The van der Waals surface area contributed by atoms with Gasteiger partial charge in [-0.15, -0.1) is 0 Å². The number of benzene rings is 1. The highest BCUT2D eigenvalue weighted by atomic mass is 16.5. The molecular weight excluding hydrogens is 208 g/mol. The molecule has 0 aliphatic heterocycles. The van der Waals surface area contributed by atoms with Crippen LogP contribution in [0.2, 0.25) is 0 Å². The largest absolute Gasteiger partial charge is 0.497 e. The van der Waals surface area contributed by atoms with Gasteiger partial charge in [0, 0.05) is 18.2 Å². The first kappa shape index (κ1) is 12.3. The molecule has 0 spiro atoms. The fourth-order valence-electron chi connectivity index (χ4n) is 1.50. The van der Waals surface area contributed by atoms with Crippen LogP contribution in [0.1, 0.15) is 11.5 Å². The molecule has 88 valence electrons. The van der Waals surface area contributed by atoms with Gasteiger partial charge >= 0.3 is 0 Å². The number of amides is 1. The van der Waals surface area contributed by atoms with Crippen molar-refractivity contribution < 1.29 is 14.3 Å². The number of carbonyl (C=O) groups is 1. The molecule has 5 nitrogen and oxygen atoms in total. The third-order valence-corrected chi connectivity index (χ3v) is 2.40. The lowest BCUT2D eigenvalue weighted by Gasteiger charge is -2.15. The first-order valence-corrected chi connectivity index (χ1v) is 4.85. The van der Waals surface area contributed by atoms with Gasteiger partial charge in [0.25, 0.3) is 0 Å². The number of carbonyl (C=O) groups excluding carboxylic acids is 1. The number of ether oxygens (including phenoxy) is 2. The van der Waals surface area contributed by atoms with E-state index in [1.165, 1.54) is 7.11 Å². The monoisotopic (exact) mass is 224 g/mol. The van der Waals surface area contributed by atoms with Crippen LogP contribution in [0.25, 0.3) is 0 Å². The highest BCUT2D eigenvalue weighted by molar-refractivity contribution is 5.83. The van der Waals surface area contributed by atoms with Crippen molar-refractivity contribution in [3.63, 3.8) is 0 Å². The maximum Gasteiger partial charge on any atom is 0.226 e. The van der Waals surface area contributed by atoms with E-state index < -0.39 is 11.8 Å². The van der Waals surface area contributed by atoms with E-state index in [4.69, 9.17) is 20.9 Å². The van der Waals surface area contributed by atoms with Gasteiger partial charge in [0.1, 0.15) is 11.5 Å². The van der Waals surface area contributed by atoms with Gasteiger partial charge in [-0.3, -0.25) is 4.79 Å². The highest BCUT2D eigenvalue weighted by Crippen LogP contribution is 2.29. The quantitative estimate of drug-likeness (QED) is 0.749. The van der Waals surface area contributed by atoms with E-state index in [0.29, 0.717) is 17.1 Å². The lowest BCUT2D eigenvalue weighted by molar-refractivity contribution is -0.119. The topological polar surface area (TPSA) is 87.6 Å². The van der Waals surface area contributed by atoms with Crippen LogP contribution in [0.15, 0.2) is 18.2 Å². The van der Waals surface area contributed by atoms with Crippen molar-refractivity contribution in [2.75, 3.05) is 20.8 Å². The molecule has 5 heteroatoms. The van der Waals surface area contributed by atoms with Crippen LogP contribution < -0.4 is 20.9 Å². The normalized spacial score (nSPS) is 11.9. The van der Waals surface area contributed by atoms with E-state index in [9.17, 15) is 4.79 Å². The molecule has 0 aliphatic carbocycles. The summed E-state index contributed by atoms with van der Waals surface area (Å²) in [5.41, 5.74) is 11.5. The third-order valence-electron chi connectivity index (χ3n) is 2.40. The molecule has 1 aromatic rings. The van der Waals surface area contributed by atoms with Crippen LogP contribution in [0.5, 0.6) is 11.5 Å². The summed E-state index contributed by atoms with van der Waals surface area (Å²) in [5.74, 6) is 0.196. The molecule has 0 aromatic heterocycles. The van der Waals surface area contributed by atoms with Crippen molar-refractivity contribution in [3.05, 3.63) is 23.8 Å². The standard InChI is InChI=1S/C11H16N2O3/c1-15-7-3-4-8(10(5-7)16-2)9(6-12)11(13)14/h3-5,9H,6,12H2,1-2H3,(H2,13,14). The molecule has 0 heterocycles. The second-order valence-electron chi connectivity index (χ2n) is 3.30. The first-order valence-electron chi connectivity index (χ1n) is 4.85. The number of nitrogens with two attached hydrogens (primary N) is 2. The Balaban J connectivity index is 3.16. The zero-order valence-corrected chi connectivity index (χ0v) is 9.40. The predicted octanol–water partition coefficient (Wildman–Crippen LogP) is 0.231. The lowest BCUT2D eigenvalue weighted by atomic mass is 9.97. The average molecular weight is 224 g/mol. The van der Waals surface area contributed by atoms with Gasteiger partial charge in [0.2, 0.25) is 5.91 Å². The predicted molar refractivity (Wildman–Crippen MR) is 60.5 cm³/mol. The molecule has 0 saturated heterocycles. The molecule has 0 aliphatic rings. The highest BCUT2D eigenvalue weighted by Gasteiger charge is 2.20. The molecular formula is C11H16N2O3. The van der Waals surface area contributed by atoms with Crippen molar-refractivity contribution in [3.8, 4) is 11.5 Å². The van der Waals surface area contributed by atoms with Crippen LogP contribution in [-0.4, -0.2) is 26.7 Å². The number of hydrogen-bond donors (Lipinski definition) is 2. The fourth-order valence-corrected chi connectivity index (χ4v) is 1.50. The number of rotatable bonds is 5. The third kappa shape index (κ3) is 2.43. The maximum atomic E-state index is 11.2. The van der Waals surface area contributed by atoms with Crippen molar-refractivity contribution in [2.45, 2.75) is 5.92 Å². The minimum absolute atomic E-state index is 0.151. The Morgan fingerprint density at radius 2 is 2.06 bits per heavy atom. The second-order valence-corrected chi connectivity index (χ2v) is 3.30.